The molecule has 0 saturated carbocycles. The SMILES string of the molecule is CCCCOC(OCCCC)C(CCCNC(=N)N)NC(=O)[C@@H]1CCCN1C(=O)OCc1ccccc1. The van der Waals surface area contributed by atoms with Gasteiger partial charge in [0, 0.05) is 26.3 Å². The molecule has 2 rings (SSSR count). The fourth-order valence-corrected chi connectivity index (χ4v) is 4.13. The Labute approximate surface area is 221 Å². The van der Waals surface area contributed by atoms with Crippen molar-refractivity contribution in [3.8, 4) is 0 Å². The van der Waals surface area contributed by atoms with Crippen LogP contribution in [0.3, 0.4) is 0 Å². The number of hydrogen-bond donors (Lipinski definition) is 4. The summed E-state index contributed by atoms with van der Waals surface area (Å²) in [5.41, 5.74) is 6.30. The Balaban J connectivity index is 2.04. The van der Waals surface area contributed by atoms with Crippen molar-refractivity contribution in [3.63, 3.8) is 0 Å². The Hall–Kier alpha value is -2.85. The first-order valence-corrected chi connectivity index (χ1v) is 13.5. The van der Waals surface area contributed by atoms with Gasteiger partial charge in [-0.05, 0) is 44.1 Å². The van der Waals surface area contributed by atoms with Gasteiger partial charge in [0.15, 0.2) is 12.2 Å². The van der Waals surface area contributed by atoms with Crippen LogP contribution in [-0.2, 0) is 25.6 Å². The van der Waals surface area contributed by atoms with Gasteiger partial charge in [-0.15, -0.1) is 0 Å². The van der Waals surface area contributed by atoms with E-state index in [1.54, 1.807) is 0 Å². The van der Waals surface area contributed by atoms with Crippen LogP contribution in [0, 0.1) is 5.41 Å². The molecule has 1 saturated heterocycles. The van der Waals surface area contributed by atoms with Gasteiger partial charge in [-0.3, -0.25) is 15.1 Å². The first-order chi connectivity index (χ1) is 18.0. The third-order valence-corrected chi connectivity index (χ3v) is 6.22. The van der Waals surface area contributed by atoms with Crippen LogP contribution in [0.1, 0.15) is 70.8 Å². The highest BCUT2D eigenvalue weighted by Crippen LogP contribution is 2.20. The normalized spacial score (nSPS) is 16.0. The summed E-state index contributed by atoms with van der Waals surface area (Å²) in [6.07, 6.45) is 5.21. The van der Waals surface area contributed by atoms with E-state index in [-0.39, 0.29) is 18.5 Å². The minimum atomic E-state index is -0.604. The smallest absolute Gasteiger partial charge is 0.410 e. The van der Waals surface area contributed by atoms with E-state index < -0.39 is 24.5 Å². The second kappa shape index (κ2) is 17.6. The summed E-state index contributed by atoms with van der Waals surface area (Å²) in [4.78, 5) is 27.7. The largest absolute Gasteiger partial charge is 0.445 e. The number of likely N-dealkylation sites (tertiary alicyclic amines) is 1. The van der Waals surface area contributed by atoms with E-state index in [0.29, 0.717) is 45.6 Å². The lowest BCUT2D eigenvalue weighted by Gasteiger charge is -2.31. The van der Waals surface area contributed by atoms with Crippen LogP contribution in [0.4, 0.5) is 4.79 Å². The van der Waals surface area contributed by atoms with Gasteiger partial charge in [0.2, 0.25) is 5.91 Å². The molecule has 10 heteroatoms. The van der Waals surface area contributed by atoms with Gasteiger partial charge in [0.1, 0.15) is 12.6 Å². The molecule has 1 aromatic carbocycles. The van der Waals surface area contributed by atoms with Crippen molar-refractivity contribution in [1.82, 2.24) is 15.5 Å². The zero-order chi connectivity index (χ0) is 26.9. The molecule has 1 unspecified atom stereocenters. The maximum Gasteiger partial charge on any atom is 0.410 e. The van der Waals surface area contributed by atoms with Crippen molar-refractivity contribution in [2.24, 2.45) is 5.73 Å². The molecule has 1 heterocycles. The number of nitrogens with zero attached hydrogens (tertiary/aromatic N) is 1. The Morgan fingerprint density at radius 1 is 1.11 bits per heavy atom. The Morgan fingerprint density at radius 2 is 1.78 bits per heavy atom. The van der Waals surface area contributed by atoms with E-state index in [2.05, 4.69) is 24.5 Å². The fourth-order valence-electron chi connectivity index (χ4n) is 4.13. The molecule has 0 aromatic heterocycles. The van der Waals surface area contributed by atoms with Crippen LogP contribution in [0.25, 0.3) is 0 Å². The highest BCUT2D eigenvalue weighted by Gasteiger charge is 2.37. The van der Waals surface area contributed by atoms with Gasteiger partial charge in [-0.1, -0.05) is 57.0 Å². The molecule has 2 amide bonds. The maximum atomic E-state index is 13.4. The Bertz CT molecular complexity index is 800. The highest BCUT2D eigenvalue weighted by molar-refractivity contribution is 5.86. The lowest BCUT2D eigenvalue weighted by Crippen LogP contribution is -2.53. The Kier molecular flexibility index (Phi) is 14.4. The third kappa shape index (κ3) is 11.4. The minimum Gasteiger partial charge on any atom is -0.445 e. The lowest BCUT2D eigenvalue weighted by molar-refractivity contribution is -0.166. The van der Waals surface area contributed by atoms with Crippen molar-refractivity contribution < 1.29 is 23.8 Å². The minimum absolute atomic E-state index is 0.0915. The number of nitrogens with one attached hydrogen (secondary N) is 3. The van der Waals surface area contributed by atoms with Crippen LogP contribution in [0.15, 0.2) is 30.3 Å². The zero-order valence-corrected chi connectivity index (χ0v) is 22.4. The molecule has 0 aliphatic carbocycles. The summed E-state index contributed by atoms with van der Waals surface area (Å²) >= 11 is 0. The maximum absolute atomic E-state index is 13.4. The van der Waals surface area contributed by atoms with E-state index in [9.17, 15) is 9.59 Å². The molecule has 10 nitrogen and oxygen atoms in total. The van der Waals surface area contributed by atoms with Crippen LogP contribution in [-0.4, -0.2) is 67.5 Å². The van der Waals surface area contributed by atoms with Crippen molar-refractivity contribution in [2.45, 2.75) is 90.2 Å². The first-order valence-electron chi connectivity index (χ1n) is 13.5. The number of nitrogens with two attached hydrogens (primary N) is 1. The summed E-state index contributed by atoms with van der Waals surface area (Å²) in [6.45, 7) is 6.39. The molecule has 0 bridgehead atoms. The zero-order valence-electron chi connectivity index (χ0n) is 22.4. The van der Waals surface area contributed by atoms with Gasteiger partial charge in [0.05, 0.1) is 6.04 Å². The van der Waals surface area contributed by atoms with Crippen LogP contribution in [0.5, 0.6) is 0 Å². The van der Waals surface area contributed by atoms with E-state index in [4.69, 9.17) is 25.4 Å². The average Bonchev–Trinajstić information content (AvgIpc) is 3.39. The summed E-state index contributed by atoms with van der Waals surface area (Å²) < 4.78 is 17.6. The molecule has 1 fully saturated rings. The number of benzene rings is 1. The lowest BCUT2D eigenvalue weighted by atomic mass is 10.1. The number of amides is 2. The molecule has 1 aliphatic heterocycles. The van der Waals surface area contributed by atoms with Gasteiger partial charge in [0.25, 0.3) is 0 Å². The number of rotatable bonds is 17. The van der Waals surface area contributed by atoms with Crippen molar-refractivity contribution in [1.29, 1.82) is 5.41 Å². The van der Waals surface area contributed by atoms with Crippen LogP contribution < -0.4 is 16.4 Å². The molecule has 2 atom stereocenters. The number of carbonyl (C=O) groups is 2. The number of hydrogen-bond acceptors (Lipinski definition) is 6. The van der Waals surface area contributed by atoms with E-state index in [1.165, 1.54) is 4.90 Å². The molecule has 0 spiro atoms. The molecule has 1 aromatic rings. The quantitative estimate of drug-likeness (QED) is 0.107. The first kappa shape index (κ1) is 30.4. The van der Waals surface area contributed by atoms with E-state index in [1.807, 2.05) is 30.3 Å². The van der Waals surface area contributed by atoms with Gasteiger partial charge in [-0.2, -0.15) is 0 Å². The topological polar surface area (TPSA) is 139 Å². The van der Waals surface area contributed by atoms with Crippen molar-refractivity contribution >= 4 is 18.0 Å². The molecule has 5 N–H and O–H groups in total. The second-order valence-electron chi connectivity index (χ2n) is 9.31. The molecule has 208 valence electrons. The van der Waals surface area contributed by atoms with Gasteiger partial charge < -0.3 is 30.6 Å². The van der Waals surface area contributed by atoms with Gasteiger partial charge in [-0.25, -0.2) is 4.79 Å². The van der Waals surface area contributed by atoms with Gasteiger partial charge >= 0.3 is 6.09 Å². The summed E-state index contributed by atoms with van der Waals surface area (Å²) in [6, 6.07) is 8.47. The highest BCUT2D eigenvalue weighted by atomic mass is 16.7. The number of carbonyl (C=O) groups excluding carboxylic acids is 2. The number of unbranched alkanes of at least 4 members (excludes halogenated alkanes) is 2. The monoisotopic (exact) mass is 519 g/mol. The standard InChI is InChI=1S/C27H45N5O5/c1-3-5-18-35-25(36-19-6-4-2)22(14-10-16-30-26(28)29)31-24(33)23-15-11-17-32(23)27(34)37-20-21-12-8-7-9-13-21/h7-9,12-13,22-23,25H,3-6,10-11,14-20H2,1-2H3,(H,31,33)(H4,28,29,30)/t22?,23-/m0/s1. The van der Waals surface area contributed by atoms with E-state index >= 15 is 0 Å². The summed E-state index contributed by atoms with van der Waals surface area (Å²) in [5, 5.41) is 13.3. The molecular weight excluding hydrogens is 474 g/mol. The van der Waals surface area contributed by atoms with Crippen molar-refractivity contribution in [3.05, 3.63) is 35.9 Å². The second-order valence-corrected chi connectivity index (χ2v) is 9.31. The van der Waals surface area contributed by atoms with Crippen molar-refractivity contribution in [2.75, 3.05) is 26.3 Å². The molecular formula is C27H45N5O5. The predicted octanol–water partition coefficient (Wildman–Crippen LogP) is 3.50. The fraction of sp³-hybridized carbons (Fsp3) is 0.667. The van der Waals surface area contributed by atoms with E-state index in [0.717, 1.165) is 37.7 Å². The summed E-state index contributed by atoms with van der Waals surface area (Å²) in [7, 11) is 0. The third-order valence-electron chi connectivity index (χ3n) is 6.22. The molecule has 1 aliphatic rings. The van der Waals surface area contributed by atoms with Crippen LogP contribution >= 0.6 is 0 Å². The van der Waals surface area contributed by atoms with Crippen LogP contribution in [0.2, 0.25) is 0 Å². The molecule has 0 radical (unpaired) electrons. The average molecular weight is 520 g/mol. The predicted molar refractivity (Wildman–Crippen MR) is 143 cm³/mol. The number of guanidine groups is 1. The Morgan fingerprint density at radius 3 is 2.41 bits per heavy atom. The molecule has 37 heavy (non-hydrogen) atoms. The summed E-state index contributed by atoms with van der Waals surface area (Å²) in [5.74, 6) is -0.326. The number of ether oxygens (including phenoxy) is 3.